The summed E-state index contributed by atoms with van der Waals surface area (Å²) in [6, 6.07) is 12.6. The van der Waals surface area contributed by atoms with Crippen molar-refractivity contribution in [1.82, 2.24) is 10.2 Å². The third kappa shape index (κ3) is 4.78. The van der Waals surface area contributed by atoms with Gasteiger partial charge in [0.05, 0.1) is 16.3 Å². The van der Waals surface area contributed by atoms with E-state index in [0.717, 1.165) is 25.1 Å². The van der Waals surface area contributed by atoms with E-state index in [9.17, 15) is 9.59 Å². The van der Waals surface area contributed by atoms with Crippen LogP contribution in [-0.2, 0) is 11.2 Å². The van der Waals surface area contributed by atoms with Gasteiger partial charge in [-0.05, 0) is 42.7 Å². The van der Waals surface area contributed by atoms with Crippen LogP contribution in [0.4, 0.5) is 10.8 Å². The molecule has 154 valence electrons. The number of carbonyl (C=O) groups is 2. The minimum absolute atomic E-state index is 0.0286. The first kappa shape index (κ1) is 21.1. The van der Waals surface area contributed by atoms with Crippen molar-refractivity contribution in [3.63, 3.8) is 0 Å². The fourth-order valence-corrected chi connectivity index (χ4v) is 5.27. The number of aryl methyl sites for hydroxylation is 1. The lowest BCUT2D eigenvalue weighted by Crippen LogP contribution is -2.36. The molecular formula is C20H16Cl2N4O2S2. The molecule has 0 unspecified atom stereocenters. The van der Waals surface area contributed by atoms with Gasteiger partial charge in [-0.3, -0.25) is 14.9 Å². The molecule has 3 aromatic rings. The average molecular weight is 479 g/mol. The van der Waals surface area contributed by atoms with E-state index < -0.39 is 5.91 Å². The second-order valence-corrected chi connectivity index (χ2v) is 9.56. The number of nitrogens with zero attached hydrogens (tertiary/aromatic N) is 3. The Morgan fingerprint density at radius 2 is 2.00 bits per heavy atom. The van der Waals surface area contributed by atoms with Crippen molar-refractivity contribution in [2.24, 2.45) is 0 Å². The SMILES string of the molecule is O=C(Nc1nnc(SCC(=O)N2CCCc3ccccc32)s1)c1ccc(Cl)cc1Cl. The van der Waals surface area contributed by atoms with Gasteiger partial charge in [0.2, 0.25) is 11.0 Å². The third-order valence-electron chi connectivity index (χ3n) is 4.53. The number of benzene rings is 2. The van der Waals surface area contributed by atoms with E-state index in [1.165, 1.54) is 34.7 Å². The van der Waals surface area contributed by atoms with Crippen molar-refractivity contribution in [2.45, 2.75) is 17.2 Å². The van der Waals surface area contributed by atoms with Crippen LogP contribution in [-0.4, -0.2) is 34.3 Å². The number of thioether (sulfide) groups is 1. The van der Waals surface area contributed by atoms with Crippen LogP contribution in [0.5, 0.6) is 0 Å². The van der Waals surface area contributed by atoms with Crippen LogP contribution in [0.1, 0.15) is 22.3 Å². The van der Waals surface area contributed by atoms with E-state index in [-0.39, 0.29) is 16.7 Å². The highest BCUT2D eigenvalue weighted by Crippen LogP contribution is 2.30. The zero-order valence-electron chi connectivity index (χ0n) is 15.6. The summed E-state index contributed by atoms with van der Waals surface area (Å²) >= 11 is 14.4. The number of aromatic nitrogens is 2. The Morgan fingerprint density at radius 3 is 2.83 bits per heavy atom. The number of rotatable bonds is 5. The van der Waals surface area contributed by atoms with E-state index in [1.807, 2.05) is 23.1 Å². The molecule has 1 N–H and O–H groups in total. The number of anilines is 2. The normalized spacial score (nSPS) is 13.1. The minimum atomic E-state index is -0.398. The monoisotopic (exact) mass is 478 g/mol. The molecule has 0 saturated carbocycles. The second-order valence-electron chi connectivity index (χ2n) is 6.52. The number of nitrogens with one attached hydrogen (secondary N) is 1. The molecule has 0 saturated heterocycles. The van der Waals surface area contributed by atoms with Gasteiger partial charge < -0.3 is 4.90 Å². The number of carbonyl (C=O) groups excluding carboxylic acids is 2. The first-order chi connectivity index (χ1) is 14.5. The lowest BCUT2D eigenvalue weighted by molar-refractivity contribution is -0.116. The van der Waals surface area contributed by atoms with Crippen LogP contribution in [0.2, 0.25) is 10.0 Å². The van der Waals surface area contributed by atoms with Gasteiger partial charge in [0.25, 0.3) is 5.91 Å². The Balaban J connectivity index is 1.36. The van der Waals surface area contributed by atoms with Gasteiger partial charge in [0, 0.05) is 17.3 Å². The summed E-state index contributed by atoms with van der Waals surface area (Å²) in [6.07, 6.45) is 1.94. The average Bonchev–Trinajstić information content (AvgIpc) is 3.18. The highest BCUT2D eigenvalue weighted by molar-refractivity contribution is 8.01. The summed E-state index contributed by atoms with van der Waals surface area (Å²) in [6.45, 7) is 0.718. The lowest BCUT2D eigenvalue weighted by atomic mass is 10.0. The predicted molar refractivity (Wildman–Crippen MR) is 122 cm³/mol. The van der Waals surface area contributed by atoms with Crippen molar-refractivity contribution in [1.29, 1.82) is 0 Å². The Morgan fingerprint density at radius 1 is 1.17 bits per heavy atom. The molecule has 2 amide bonds. The fraction of sp³-hybridized carbons (Fsp3) is 0.200. The van der Waals surface area contributed by atoms with Crippen molar-refractivity contribution < 1.29 is 9.59 Å². The maximum Gasteiger partial charge on any atom is 0.259 e. The Hall–Kier alpha value is -2.13. The van der Waals surface area contributed by atoms with Gasteiger partial charge in [-0.2, -0.15) is 0 Å². The maximum absolute atomic E-state index is 12.7. The topological polar surface area (TPSA) is 75.2 Å². The van der Waals surface area contributed by atoms with Gasteiger partial charge in [0.15, 0.2) is 4.34 Å². The zero-order chi connectivity index (χ0) is 21.1. The molecule has 0 aliphatic carbocycles. The molecule has 1 aliphatic rings. The molecule has 1 aromatic heterocycles. The van der Waals surface area contributed by atoms with Crippen molar-refractivity contribution >= 4 is 68.9 Å². The number of hydrogen-bond acceptors (Lipinski definition) is 6. The first-order valence-electron chi connectivity index (χ1n) is 9.12. The summed E-state index contributed by atoms with van der Waals surface area (Å²) in [5, 5.41) is 11.7. The largest absolute Gasteiger partial charge is 0.311 e. The minimum Gasteiger partial charge on any atom is -0.311 e. The first-order valence-corrected chi connectivity index (χ1v) is 11.7. The molecule has 4 rings (SSSR count). The van der Waals surface area contributed by atoms with E-state index >= 15 is 0 Å². The smallest absolute Gasteiger partial charge is 0.259 e. The van der Waals surface area contributed by atoms with Gasteiger partial charge in [-0.15, -0.1) is 10.2 Å². The highest BCUT2D eigenvalue weighted by Gasteiger charge is 2.22. The highest BCUT2D eigenvalue weighted by atomic mass is 35.5. The molecule has 0 fully saturated rings. The lowest BCUT2D eigenvalue weighted by Gasteiger charge is -2.29. The molecule has 10 heteroatoms. The van der Waals surface area contributed by atoms with E-state index in [0.29, 0.717) is 20.1 Å². The fourth-order valence-electron chi connectivity index (χ4n) is 3.15. The van der Waals surface area contributed by atoms with E-state index in [2.05, 4.69) is 21.6 Å². The van der Waals surface area contributed by atoms with Crippen LogP contribution in [0.25, 0.3) is 0 Å². The van der Waals surface area contributed by atoms with Crippen LogP contribution in [0.15, 0.2) is 46.8 Å². The maximum atomic E-state index is 12.7. The molecule has 0 bridgehead atoms. The summed E-state index contributed by atoms with van der Waals surface area (Å²) in [4.78, 5) is 26.9. The van der Waals surface area contributed by atoms with Crippen molar-refractivity contribution in [2.75, 3.05) is 22.5 Å². The summed E-state index contributed by atoms with van der Waals surface area (Å²) < 4.78 is 0.603. The standard InChI is InChI=1S/C20H16Cl2N4O2S2/c21-13-7-8-14(15(22)10-13)18(28)23-19-24-25-20(30-19)29-11-17(27)26-9-3-5-12-4-1-2-6-16(12)26/h1-2,4,6-8,10H,3,5,9,11H2,(H,23,24,28). The van der Waals surface area contributed by atoms with Crippen molar-refractivity contribution in [3.05, 3.63) is 63.6 Å². The third-order valence-corrected chi connectivity index (χ3v) is 7.04. The van der Waals surface area contributed by atoms with Gasteiger partial charge >= 0.3 is 0 Å². The van der Waals surface area contributed by atoms with Gasteiger partial charge in [0.1, 0.15) is 0 Å². The predicted octanol–water partition coefficient (Wildman–Crippen LogP) is 5.17. The Kier molecular flexibility index (Phi) is 6.58. The van der Waals surface area contributed by atoms with Gasteiger partial charge in [-0.1, -0.05) is 64.5 Å². The van der Waals surface area contributed by atoms with Crippen LogP contribution >= 0.6 is 46.3 Å². The Bertz CT molecular complexity index is 1110. The molecule has 2 heterocycles. The molecule has 0 radical (unpaired) electrons. The Labute approximate surface area is 191 Å². The van der Waals surface area contributed by atoms with Crippen LogP contribution < -0.4 is 10.2 Å². The number of para-hydroxylation sites is 1. The van der Waals surface area contributed by atoms with Gasteiger partial charge in [-0.25, -0.2) is 0 Å². The molecule has 30 heavy (non-hydrogen) atoms. The van der Waals surface area contributed by atoms with E-state index in [1.54, 1.807) is 12.1 Å². The number of fused-ring (bicyclic) bond motifs is 1. The number of amides is 2. The summed E-state index contributed by atoms with van der Waals surface area (Å²) in [7, 11) is 0. The molecule has 1 aliphatic heterocycles. The van der Waals surface area contributed by atoms with Crippen LogP contribution in [0.3, 0.4) is 0 Å². The van der Waals surface area contributed by atoms with Crippen LogP contribution in [0, 0.1) is 0 Å². The molecule has 6 nitrogen and oxygen atoms in total. The zero-order valence-corrected chi connectivity index (χ0v) is 18.7. The molecule has 2 aromatic carbocycles. The molecule has 0 atom stereocenters. The quantitative estimate of drug-likeness (QED) is 0.404. The second kappa shape index (κ2) is 9.34. The number of hydrogen-bond donors (Lipinski definition) is 1. The summed E-state index contributed by atoms with van der Waals surface area (Å²) in [5.74, 6) is -0.119. The number of halogens is 2. The molecular weight excluding hydrogens is 463 g/mol. The molecule has 0 spiro atoms. The van der Waals surface area contributed by atoms with Crippen molar-refractivity contribution in [3.8, 4) is 0 Å². The summed E-state index contributed by atoms with van der Waals surface area (Å²) in [5.41, 5.74) is 2.48. The van der Waals surface area contributed by atoms with E-state index in [4.69, 9.17) is 23.2 Å².